The zero-order chi connectivity index (χ0) is 16.6. The summed E-state index contributed by atoms with van der Waals surface area (Å²) in [6, 6.07) is 14.0. The number of benzene rings is 1. The van der Waals surface area contributed by atoms with Crippen LogP contribution in [0, 0.1) is 5.92 Å². The molecular formula is C20H22N2O2. The van der Waals surface area contributed by atoms with Gasteiger partial charge >= 0.3 is 0 Å². The maximum absolute atomic E-state index is 12.2. The predicted octanol–water partition coefficient (Wildman–Crippen LogP) is 3.16. The topological polar surface area (TPSA) is 42.4 Å². The van der Waals surface area contributed by atoms with E-state index in [1.54, 1.807) is 18.5 Å². The van der Waals surface area contributed by atoms with E-state index in [2.05, 4.69) is 17.1 Å². The molecule has 2 heterocycles. The zero-order valence-electron chi connectivity index (χ0n) is 13.7. The molecule has 1 aliphatic heterocycles. The lowest BCUT2D eigenvalue weighted by molar-refractivity contribution is -0.125. The normalized spacial score (nSPS) is 17.5. The fourth-order valence-electron chi connectivity index (χ4n) is 2.83. The number of rotatable bonds is 6. The Morgan fingerprint density at radius 2 is 2.12 bits per heavy atom. The van der Waals surface area contributed by atoms with Crippen molar-refractivity contribution in [2.75, 3.05) is 19.7 Å². The number of amides is 1. The number of aromatic nitrogens is 1. The van der Waals surface area contributed by atoms with Gasteiger partial charge in [-0.3, -0.25) is 9.78 Å². The van der Waals surface area contributed by atoms with Crippen molar-refractivity contribution >= 4 is 12.0 Å². The molecule has 124 valence electrons. The molecule has 3 rings (SSSR count). The first kappa shape index (κ1) is 16.4. The van der Waals surface area contributed by atoms with Crippen LogP contribution >= 0.6 is 0 Å². The molecular weight excluding hydrogens is 300 g/mol. The Morgan fingerprint density at radius 1 is 1.25 bits per heavy atom. The van der Waals surface area contributed by atoms with E-state index in [-0.39, 0.29) is 5.91 Å². The summed E-state index contributed by atoms with van der Waals surface area (Å²) in [6.07, 6.45) is 7.91. The van der Waals surface area contributed by atoms with E-state index in [0.29, 0.717) is 19.1 Å². The number of pyridine rings is 1. The number of carbonyl (C=O) groups is 1. The Kier molecular flexibility index (Phi) is 5.75. The highest BCUT2D eigenvalue weighted by Gasteiger charge is 2.25. The SMILES string of the molecule is O=C(/C=C/c1cccnc1)N1CC[C@@H](COCc2ccccc2)C1. The lowest BCUT2D eigenvalue weighted by atomic mass is 10.1. The molecule has 1 aromatic carbocycles. The number of hydrogen-bond acceptors (Lipinski definition) is 3. The third kappa shape index (κ3) is 4.77. The molecule has 24 heavy (non-hydrogen) atoms. The third-order valence-corrected chi connectivity index (χ3v) is 4.17. The van der Waals surface area contributed by atoms with Crippen molar-refractivity contribution in [2.24, 2.45) is 5.92 Å². The minimum atomic E-state index is 0.0596. The molecule has 0 spiro atoms. The number of nitrogens with zero attached hydrogens (tertiary/aromatic N) is 2. The van der Waals surface area contributed by atoms with Crippen molar-refractivity contribution in [1.82, 2.24) is 9.88 Å². The van der Waals surface area contributed by atoms with E-state index in [4.69, 9.17) is 4.74 Å². The van der Waals surface area contributed by atoms with Gasteiger partial charge in [0.25, 0.3) is 0 Å². The molecule has 0 aliphatic carbocycles. The Morgan fingerprint density at radius 3 is 2.92 bits per heavy atom. The molecule has 1 saturated heterocycles. The van der Waals surface area contributed by atoms with Gasteiger partial charge in [-0.1, -0.05) is 36.4 Å². The van der Waals surface area contributed by atoms with Gasteiger partial charge in [0, 0.05) is 37.5 Å². The summed E-state index contributed by atoms with van der Waals surface area (Å²) in [6.45, 7) is 2.90. The zero-order valence-corrected chi connectivity index (χ0v) is 13.7. The van der Waals surface area contributed by atoms with Crippen LogP contribution in [-0.4, -0.2) is 35.5 Å². The van der Waals surface area contributed by atoms with E-state index in [9.17, 15) is 4.79 Å². The average molecular weight is 322 g/mol. The van der Waals surface area contributed by atoms with Gasteiger partial charge in [0.2, 0.25) is 5.91 Å². The van der Waals surface area contributed by atoms with Crippen molar-refractivity contribution in [2.45, 2.75) is 13.0 Å². The summed E-state index contributed by atoms with van der Waals surface area (Å²) >= 11 is 0. The molecule has 0 saturated carbocycles. The minimum absolute atomic E-state index is 0.0596. The second kappa shape index (κ2) is 8.41. The van der Waals surface area contributed by atoms with E-state index in [0.717, 1.165) is 25.1 Å². The molecule has 1 fully saturated rings. The van der Waals surface area contributed by atoms with E-state index >= 15 is 0 Å². The van der Waals surface area contributed by atoms with Crippen LogP contribution in [0.15, 0.2) is 60.9 Å². The van der Waals surface area contributed by atoms with Crippen molar-refractivity contribution in [1.29, 1.82) is 0 Å². The maximum Gasteiger partial charge on any atom is 0.246 e. The molecule has 4 nitrogen and oxygen atoms in total. The minimum Gasteiger partial charge on any atom is -0.376 e. The van der Waals surface area contributed by atoms with Gasteiger partial charge in [-0.2, -0.15) is 0 Å². The van der Waals surface area contributed by atoms with E-state index < -0.39 is 0 Å². The fourth-order valence-corrected chi connectivity index (χ4v) is 2.83. The lowest BCUT2D eigenvalue weighted by Gasteiger charge is -2.14. The molecule has 1 aliphatic rings. The summed E-state index contributed by atoms with van der Waals surface area (Å²) in [4.78, 5) is 18.2. The molecule has 0 N–H and O–H groups in total. The van der Waals surface area contributed by atoms with E-state index in [1.165, 1.54) is 5.56 Å². The fraction of sp³-hybridized carbons (Fsp3) is 0.300. The number of carbonyl (C=O) groups excluding carboxylic acids is 1. The standard InChI is InChI=1S/C20H22N2O2/c23-20(9-8-17-7-4-11-21-13-17)22-12-10-19(14-22)16-24-15-18-5-2-1-3-6-18/h1-9,11,13,19H,10,12,14-16H2/b9-8+/t19-/m1/s1. The van der Waals surface area contributed by atoms with Gasteiger partial charge in [0.05, 0.1) is 13.2 Å². The molecule has 0 bridgehead atoms. The Balaban J connectivity index is 1.41. The first-order valence-corrected chi connectivity index (χ1v) is 8.30. The summed E-state index contributed by atoms with van der Waals surface area (Å²) in [5, 5.41) is 0. The van der Waals surface area contributed by atoms with Crippen LogP contribution in [-0.2, 0) is 16.1 Å². The first-order chi connectivity index (χ1) is 11.8. The highest BCUT2D eigenvalue weighted by atomic mass is 16.5. The second-order valence-corrected chi connectivity index (χ2v) is 6.06. The van der Waals surface area contributed by atoms with Gasteiger partial charge in [-0.05, 0) is 29.7 Å². The van der Waals surface area contributed by atoms with Crippen LogP contribution < -0.4 is 0 Å². The smallest absolute Gasteiger partial charge is 0.246 e. The largest absolute Gasteiger partial charge is 0.376 e. The average Bonchev–Trinajstić information content (AvgIpc) is 3.10. The second-order valence-electron chi connectivity index (χ2n) is 6.06. The molecule has 0 unspecified atom stereocenters. The Bertz CT molecular complexity index is 671. The van der Waals surface area contributed by atoms with Gasteiger partial charge in [0.1, 0.15) is 0 Å². The predicted molar refractivity (Wildman–Crippen MR) is 94.1 cm³/mol. The molecule has 1 atom stereocenters. The highest BCUT2D eigenvalue weighted by molar-refractivity contribution is 5.91. The molecule has 0 radical (unpaired) electrons. The number of likely N-dealkylation sites (tertiary alicyclic amines) is 1. The van der Waals surface area contributed by atoms with E-state index in [1.807, 2.05) is 41.3 Å². The van der Waals surface area contributed by atoms with Crippen LogP contribution in [0.5, 0.6) is 0 Å². The highest BCUT2D eigenvalue weighted by Crippen LogP contribution is 2.18. The van der Waals surface area contributed by atoms with Crippen molar-refractivity contribution in [3.05, 3.63) is 72.1 Å². The summed E-state index contributed by atoms with van der Waals surface area (Å²) in [7, 11) is 0. The van der Waals surface area contributed by atoms with Gasteiger partial charge in [-0.15, -0.1) is 0 Å². The molecule has 4 heteroatoms. The molecule has 2 aromatic rings. The van der Waals surface area contributed by atoms with Crippen LogP contribution in [0.2, 0.25) is 0 Å². The van der Waals surface area contributed by atoms with Crippen LogP contribution in [0.25, 0.3) is 6.08 Å². The molecule has 1 amide bonds. The van der Waals surface area contributed by atoms with Crippen LogP contribution in [0.4, 0.5) is 0 Å². The molecule has 1 aromatic heterocycles. The number of hydrogen-bond donors (Lipinski definition) is 0. The van der Waals surface area contributed by atoms with Crippen LogP contribution in [0.3, 0.4) is 0 Å². The first-order valence-electron chi connectivity index (χ1n) is 8.30. The van der Waals surface area contributed by atoms with Gasteiger partial charge in [-0.25, -0.2) is 0 Å². The summed E-state index contributed by atoms with van der Waals surface area (Å²) in [5.41, 5.74) is 2.12. The van der Waals surface area contributed by atoms with Gasteiger partial charge in [0.15, 0.2) is 0 Å². The quantitative estimate of drug-likeness (QED) is 0.767. The monoisotopic (exact) mass is 322 g/mol. The van der Waals surface area contributed by atoms with Crippen molar-refractivity contribution in [3.63, 3.8) is 0 Å². The van der Waals surface area contributed by atoms with Gasteiger partial charge < -0.3 is 9.64 Å². The number of ether oxygens (including phenoxy) is 1. The summed E-state index contributed by atoms with van der Waals surface area (Å²) < 4.78 is 5.80. The van der Waals surface area contributed by atoms with Crippen molar-refractivity contribution in [3.8, 4) is 0 Å². The van der Waals surface area contributed by atoms with Crippen molar-refractivity contribution < 1.29 is 9.53 Å². The summed E-state index contributed by atoms with van der Waals surface area (Å²) in [5.74, 6) is 0.480. The Hall–Kier alpha value is -2.46. The third-order valence-electron chi connectivity index (χ3n) is 4.17. The maximum atomic E-state index is 12.2. The lowest BCUT2D eigenvalue weighted by Crippen LogP contribution is -2.27. The Labute approximate surface area is 142 Å². The van der Waals surface area contributed by atoms with Crippen LogP contribution in [0.1, 0.15) is 17.5 Å².